The molecule has 0 aliphatic rings. The maximum absolute atomic E-state index is 12.1. The number of rotatable bonds is 3. The summed E-state index contributed by atoms with van der Waals surface area (Å²) in [4.78, 5) is 17.1. The van der Waals surface area contributed by atoms with Gasteiger partial charge >= 0.3 is 0 Å². The van der Waals surface area contributed by atoms with Crippen LogP contribution in [0, 0.1) is 6.92 Å². The summed E-state index contributed by atoms with van der Waals surface area (Å²) in [6, 6.07) is 11.1. The standard InChI is InChI=1S/C14H11BrN4OS/c1-8-16-13(19-18-8)9-3-2-4-10(7-9)17-14(20)11-5-6-12(15)21-11/h2-7H,1H3,(H,17,20)(H,16,18,19). The minimum absolute atomic E-state index is 0.131. The molecule has 2 heterocycles. The van der Waals surface area contributed by atoms with Gasteiger partial charge in [-0.3, -0.25) is 9.89 Å². The Labute approximate surface area is 133 Å². The van der Waals surface area contributed by atoms with Crippen molar-refractivity contribution in [2.24, 2.45) is 0 Å². The molecule has 0 atom stereocenters. The number of anilines is 1. The third-order valence-electron chi connectivity index (χ3n) is 2.77. The van der Waals surface area contributed by atoms with Gasteiger partial charge in [0.25, 0.3) is 5.91 Å². The van der Waals surface area contributed by atoms with Crippen LogP contribution in [0.4, 0.5) is 5.69 Å². The molecule has 21 heavy (non-hydrogen) atoms. The Bertz CT molecular complexity index is 796. The van der Waals surface area contributed by atoms with Crippen LogP contribution in [0.15, 0.2) is 40.2 Å². The maximum Gasteiger partial charge on any atom is 0.265 e. The summed E-state index contributed by atoms with van der Waals surface area (Å²) in [5.41, 5.74) is 1.56. The zero-order valence-corrected chi connectivity index (χ0v) is 13.5. The number of benzene rings is 1. The highest BCUT2D eigenvalue weighted by molar-refractivity contribution is 9.11. The van der Waals surface area contributed by atoms with Gasteiger partial charge in [0, 0.05) is 11.3 Å². The second-order valence-corrected chi connectivity index (χ2v) is 6.85. The van der Waals surface area contributed by atoms with E-state index in [-0.39, 0.29) is 5.91 Å². The quantitative estimate of drug-likeness (QED) is 0.743. The molecule has 5 nitrogen and oxygen atoms in total. The van der Waals surface area contributed by atoms with Crippen molar-refractivity contribution in [3.05, 3.63) is 50.9 Å². The van der Waals surface area contributed by atoms with Crippen molar-refractivity contribution in [3.63, 3.8) is 0 Å². The molecule has 0 fully saturated rings. The molecule has 0 bridgehead atoms. The number of hydrogen-bond acceptors (Lipinski definition) is 4. The largest absolute Gasteiger partial charge is 0.321 e. The van der Waals surface area contributed by atoms with Crippen molar-refractivity contribution in [1.82, 2.24) is 15.2 Å². The smallest absolute Gasteiger partial charge is 0.265 e. The van der Waals surface area contributed by atoms with Gasteiger partial charge in [-0.05, 0) is 47.1 Å². The average Bonchev–Trinajstić information content (AvgIpc) is 3.08. The number of halogens is 1. The van der Waals surface area contributed by atoms with E-state index in [0.29, 0.717) is 16.4 Å². The SMILES string of the molecule is Cc1nc(-c2cccc(NC(=O)c3ccc(Br)s3)c2)n[nH]1. The summed E-state index contributed by atoms with van der Waals surface area (Å²) >= 11 is 4.74. The van der Waals surface area contributed by atoms with Crippen molar-refractivity contribution in [2.45, 2.75) is 6.92 Å². The molecule has 106 valence electrons. The van der Waals surface area contributed by atoms with E-state index in [0.717, 1.165) is 15.2 Å². The zero-order valence-electron chi connectivity index (χ0n) is 11.1. The van der Waals surface area contributed by atoms with Crippen molar-refractivity contribution in [1.29, 1.82) is 0 Å². The fraction of sp³-hybridized carbons (Fsp3) is 0.0714. The van der Waals surface area contributed by atoms with E-state index in [9.17, 15) is 4.79 Å². The highest BCUT2D eigenvalue weighted by Crippen LogP contribution is 2.24. The number of aromatic amines is 1. The van der Waals surface area contributed by atoms with Gasteiger partial charge < -0.3 is 5.32 Å². The lowest BCUT2D eigenvalue weighted by Gasteiger charge is -2.04. The van der Waals surface area contributed by atoms with Crippen LogP contribution in [0.3, 0.4) is 0 Å². The molecule has 1 amide bonds. The fourth-order valence-corrected chi connectivity index (χ4v) is 3.12. The molecule has 0 aliphatic heterocycles. The van der Waals surface area contributed by atoms with Crippen LogP contribution in [-0.4, -0.2) is 21.1 Å². The molecule has 1 aromatic carbocycles. The molecule has 2 N–H and O–H groups in total. The van der Waals surface area contributed by atoms with Crippen LogP contribution < -0.4 is 5.32 Å². The van der Waals surface area contributed by atoms with Gasteiger partial charge in [-0.1, -0.05) is 12.1 Å². The monoisotopic (exact) mass is 362 g/mol. The summed E-state index contributed by atoms with van der Waals surface area (Å²) < 4.78 is 0.928. The van der Waals surface area contributed by atoms with Crippen LogP contribution in [0.1, 0.15) is 15.5 Å². The number of H-pyrrole nitrogens is 1. The third-order valence-corrected chi connectivity index (χ3v) is 4.40. The number of carbonyl (C=O) groups excluding carboxylic acids is 1. The minimum Gasteiger partial charge on any atom is -0.321 e. The van der Waals surface area contributed by atoms with Crippen molar-refractivity contribution in [2.75, 3.05) is 5.32 Å². The van der Waals surface area contributed by atoms with Crippen molar-refractivity contribution in [3.8, 4) is 11.4 Å². The first-order chi connectivity index (χ1) is 10.1. The molecule has 0 spiro atoms. The summed E-state index contributed by atoms with van der Waals surface area (Å²) in [5, 5.41) is 9.79. The van der Waals surface area contributed by atoms with E-state index in [4.69, 9.17) is 0 Å². The predicted molar refractivity (Wildman–Crippen MR) is 86.5 cm³/mol. The first-order valence-electron chi connectivity index (χ1n) is 6.18. The number of aryl methyl sites for hydroxylation is 1. The topological polar surface area (TPSA) is 70.7 Å². The summed E-state index contributed by atoms with van der Waals surface area (Å²) in [5.74, 6) is 1.24. The van der Waals surface area contributed by atoms with Gasteiger partial charge in [0.1, 0.15) is 5.82 Å². The predicted octanol–water partition coefficient (Wildman–Crippen LogP) is 3.86. The molecule has 0 radical (unpaired) electrons. The van der Waals surface area contributed by atoms with E-state index >= 15 is 0 Å². The Morgan fingerprint density at radius 2 is 2.19 bits per heavy atom. The van der Waals surface area contributed by atoms with Gasteiger partial charge in [-0.25, -0.2) is 4.98 Å². The number of thiophene rings is 1. The lowest BCUT2D eigenvalue weighted by Crippen LogP contribution is -2.09. The van der Waals surface area contributed by atoms with Gasteiger partial charge in [-0.2, -0.15) is 5.10 Å². The lowest BCUT2D eigenvalue weighted by molar-refractivity contribution is 0.103. The van der Waals surface area contributed by atoms with E-state index in [1.165, 1.54) is 11.3 Å². The Kier molecular flexibility index (Phi) is 3.85. The number of amides is 1. The molecule has 0 unspecified atom stereocenters. The number of hydrogen-bond donors (Lipinski definition) is 2. The number of carbonyl (C=O) groups is 1. The van der Waals surface area contributed by atoms with Gasteiger partial charge in [0.15, 0.2) is 5.82 Å². The molecule has 0 saturated carbocycles. The molecule has 0 aliphatic carbocycles. The average molecular weight is 363 g/mol. The Hall–Kier alpha value is -1.99. The molecule has 2 aromatic heterocycles. The molecule has 0 saturated heterocycles. The number of aromatic nitrogens is 3. The third kappa shape index (κ3) is 3.20. The Morgan fingerprint density at radius 1 is 1.33 bits per heavy atom. The fourth-order valence-electron chi connectivity index (χ4n) is 1.84. The van der Waals surface area contributed by atoms with Crippen molar-refractivity contribution >= 4 is 38.9 Å². The highest BCUT2D eigenvalue weighted by atomic mass is 79.9. The van der Waals surface area contributed by atoms with Crippen LogP contribution in [-0.2, 0) is 0 Å². The van der Waals surface area contributed by atoms with Gasteiger partial charge in [0.2, 0.25) is 0 Å². The minimum atomic E-state index is -0.131. The second kappa shape index (κ2) is 5.79. The van der Waals surface area contributed by atoms with E-state index < -0.39 is 0 Å². The van der Waals surface area contributed by atoms with E-state index in [1.54, 1.807) is 6.07 Å². The summed E-state index contributed by atoms with van der Waals surface area (Å²) in [6.07, 6.45) is 0. The molecule has 7 heteroatoms. The number of nitrogens with one attached hydrogen (secondary N) is 2. The summed E-state index contributed by atoms with van der Waals surface area (Å²) in [7, 11) is 0. The van der Waals surface area contributed by atoms with Crippen LogP contribution >= 0.6 is 27.3 Å². The highest BCUT2D eigenvalue weighted by Gasteiger charge is 2.10. The van der Waals surface area contributed by atoms with Crippen LogP contribution in [0.5, 0.6) is 0 Å². The molecular weight excluding hydrogens is 352 g/mol. The van der Waals surface area contributed by atoms with Crippen LogP contribution in [0.25, 0.3) is 11.4 Å². The number of nitrogens with zero attached hydrogens (tertiary/aromatic N) is 2. The first-order valence-corrected chi connectivity index (χ1v) is 7.79. The molecule has 3 rings (SSSR count). The normalized spacial score (nSPS) is 10.6. The summed E-state index contributed by atoms with van der Waals surface area (Å²) in [6.45, 7) is 1.84. The van der Waals surface area contributed by atoms with Crippen LogP contribution in [0.2, 0.25) is 0 Å². The zero-order chi connectivity index (χ0) is 14.8. The maximum atomic E-state index is 12.1. The second-order valence-electron chi connectivity index (χ2n) is 4.38. The van der Waals surface area contributed by atoms with E-state index in [1.807, 2.05) is 37.3 Å². The lowest BCUT2D eigenvalue weighted by atomic mass is 10.2. The van der Waals surface area contributed by atoms with Crippen molar-refractivity contribution < 1.29 is 4.79 Å². The Morgan fingerprint density at radius 3 is 2.86 bits per heavy atom. The molecular formula is C14H11BrN4OS. The van der Waals surface area contributed by atoms with Gasteiger partial charge in [-0.15, -0.1) is 11.3 Å². The molecule has 3 aromatic rings. The first kappa shape index (κ1) is 14.0. The Balaban J connectivity index is 1.82. The van der Waals surface area contributed by atoms with Gasteiger partial charge in [0.05, 0.1) is 8.66 Å². The van der Waals surface area contributed by atoms with E-state index in [2.05, 4.69) is 36.4 Å².